The van der Waals surface area contributed by atoms with Gasteiger partial charge in [0.25, 0.3) is 0 Å². The van der Waals surface area contributed by atoms with Crippen molar-refractivity contribution in [2.75, 3.05) is 4.90 Å². The zero-order valence-corrected chi connectivity index (χ0v) is 38.5. The fourth-order valence-corrected chi connectivity index (χ4v) is 13.7. The molecule has 0 amide bonds. The van der Waals surface area contributed by atoms with Crippen LogP contribution in [-0.2, 0) is 21.7 Å². The standard InChI is InChI=1S/C63H57N/c1-60(2)46-23-16-15-22-44(46)45-31-30-41(32-49(45)60)56-54(39-20-13-10-14-21-39)55(56)40-28-26-38(27-29-40)43-35-51-59-53(36-43)63(7,8)52-34-42(37-18-11-9-12-19-37)33-50-58(52)64(59)57-47(61(50,3)4)24-17-25-48(57)62(51,5)6/h9-36,44,46,54-56H,1-8H3. The number of benzene rings is 7. The van der Waals surface area contributed by atoms with Crippen LogP contribution in [0.1, 0.15) is 140 Å². The number of hydrogen-bond donors (Lipinski definition) is 0. The SMILES string of the molecule is CC1(C)c2cccc3c2N2c4c1cc(-c1ccccc1)cc4C(C)(C)c1cc(-c4ccc(C5C(c6ccccc6)C5c5ccc6c(c5)C(C)(C)C5C=CC=CC65)cc4)cc(c12)C3(C)C. The molecule has 0 bridgehead atoms. The molecule has 0 saturated heterocycles. The van der Waals surface area contributed by atoms with Crippen LogP contribution in [0.15, 0.2) is 170 Å². The lowest BCUT2D eigenvalue weighted by Crippen LogP contribution is -2.43. The van der Waals surface area contributed by atoms with Crippen molar-refractivity contribution in [1.29, 1.82) is 0 Å². The average molecular weight is 828 g/mol. The van der Waals surface area contributed by atoms with Crippen molar-refractivity contribution in [2.45, 2.75) is 101 Å². The van der Waals surface area contributed by atoms with Crippen molar-refractivity contribution >= 4 is 17.1 Å². The summed E-state index contributed by atoms with van der Waals surface area (Å²) in [5.41, 5.74) is 24.8. The molecule has 0 radical (unpaired) electrons. The summed E-state index contributed by atoms with van der Waals surface area (Å²) in [5.74, 6) is 2.33. The molecule has 0 aromatic heterocycles. The minimum Gasteiger partial charge on any atom is -0.309 e. The van der Waals surface area contributed by atoms with Crippen molar-refractivity contribution in [3.8, 4) is 22.3 Å². The third-order valence-electron chi connectivity index (χ3n) is 17.4. The van der Waals surface area contributed by atoms with E-state index in [2.05, 4.69) is 230 Å². The minimum absolute atomic E-state index is 0.104. The second-order valence-electron chi connectivity index (χ2n) is 22.1. The number of fused-ring (bicyclic) bond motifs is 3. The van der Waals surface area contributed by atoms with Gasteiger partial charge in [0.15, 0.2) is 0 Å². The fourth-order valence-electron chi connectivity index (χ4n) is 13.7. The molecule has 3 aliphatic heterocycles. The maximum absolute atomic E-state index is 2.70. The lowest BCUT2D eigenvalue weighted by atomic mass is 9.60. The molecule has 314 valence electrons. The number of rotatable bonds is 5. The first kappa shape index (κ1) is 38.3. The Hall–Kier alpha value is -6.18. The summed E-state index contributed by atoms with van der Waals surface area (Å²) >= 11 is 0. The van der Waals surface area contributed by atoms with Gasteiger partial charge in [-0.05, 0) is 137 Å². The average Bonchev–Trinajstić information content (AvgIpc) is 4.02. The van der Waals surface area contributed by atoms with Crippen molar-refractivity contribution < 1.29 is 0 Å². The molecule has 13 rings (SSSR count). The van der Waals surface area contributed by atoms with E-state index in [0.717, 1.165) is 0 Å². The number of nitrogens with zero attached hydrogens (tertiary/aromatic N) is 1. The Balaban J connectivity index is 0.933. The minimum atomic E-state index is -0.236. The zero-order valence-electron chi connectivity index (χ0n) is 38.5. The van der Waals surface area contributed by atoms with Crippen molar-refractivity contribution in [1.82, 2.24) is 0 Å². The smallest absolute Gasteiger partial charge is 0.0544 e. The van der Waals surface area contributed by atoms with Crippen LogP contribution in [0.2, 0.25) is 0 Å². The summed E-state index contributed by atoms with van der Waals surface area (Å²) in [5, 5.41) is 0. The molecule has 1 fully saturated rings. The molecule has 1 nitrogen and oxygen atoms in total. The lowest BCUT2D eigenvalue weighted by molar-refractivity contribution is 0.394. The Labute approximate surface area is 380 Å². The van der Waals surface area contributed by atoms with Gasteiger partial charge in [-0.1, -0.05) is 201 Å². The summed E-state index contributed by atoms with van der Waals surface area (Å²) in [6, 6.07) is 56.8. The van der Waals surface area contributed by atoms with Crippen LogP contribution in [0.5, 0.6) is 0 Å². The van der Waals surface area contributed by atoms with E-state index in [4.69, 9.17) is 0 Å². The molecule has 7 aromatic carbocycles. The molecule has 3 aliphatic carbocycles. The second-order valence-corrected chi connectivity index (χ2v) is 22.1. The Morgan fingerprint density at radius 1 is 0.359 bits per heavy atom. The summed E-state index contributed by atoms with van der Waals surface area (Å²) in [4.78, 5) is 2.70. The molecule has 64 heavy (non-hydrogen) atoms. The Bertz CT molecular complexity index is 3170. The highest BCUT2D eigenvalue weighted by Crippen LogP contribution is 2.69. The van der Waals surface area contributed by atoms with Gasteiger partial charge in [-0.3, -0.25) is 0 Å². The van der Waals surface area contributed by atoms with Crippen LogP contribution in [0, 0.1) is 5.92 Å². The number of hydrogen-bond acceptors (Lipinski definition) is 1. The Morgan fingerprint density at radius 3 is 1.39 bits per heavy atom. The van der Waals surface area contributed by atoms with E-state index in [1.807, 2.05) is 0 Å². The molecule has 3 heterocycles. The predicted octanol–water partition coefficient (Wildman–Crippen LogP) is 16.2. The van der Waals surface area contributed by atoms with Crippen LogP contribution in [0.4, 0.5) is 17.1 Å². The third kappa shape index (κ3) is 4.96. The van der Waals surface area contributed by atoms with Gasteiger partial charge in [-0.25, -0.2) is 0 Å². The fraction of sp³-hybridized carbons (Fsp3) is 0.270. The maximum atomic E-state index is 2.70. The van der Waals surface area contributed by atoms with Gasteiger partial charge in [0.05, 0.1) is 17.1 Å². The van der Waals surface area contributed by atoms with Crippen LogP contribution < -0.4 is 4.90 Å². The topological polar surface area (TPSA) is 3.24 Å². The quantitative estimate of drug-likeness (QED) is 0.167. The highest BCUT2D eigenvalue weighted by Gasteiger charge is 2.55. The van der Waals surface area contributed by atoms with E-state index in [9.17, 15) is 0 Å². The molecule has 5 unspecified atom stereocenters. The predicted molar refractivity (Wildman–Crippen MR) is 267 cm³/mol. The van der Waals surface area contributed by atoms with Crippen LogP contribution in [-0.4, -0.2) is 0 Å². The number of anilines is 3. The van der Waals surface area contributed by atoms with E-state index in [1.54, 1.807) is 0 Å². The van der Waals surface area contributed by atoms with Gasteiger partial charge < -0.3 is 4.90 Å². The van der Waals surface area contributed by atoms with E-state index in [-0.39, 0.29) is 21.7 Å². The van der Waals surface area contributed by atoms with E-state index < -0.39 is 0 Å². The lowest BCUT2D eigenvalue weighted by Gasteiger charge is -2.55. The van der Waals surface area contributed by atoms with Crippen molar-refractivity contribution in [3.63, 3.8) is 0 Å². The summed E-state index contributed by atoms with van der Waals surface area (Å²) in [6.45, 7) is 19.7. The Morgan fingerprint density at radius 2 is 0.812 bits per heavy atom. The molecular weight excluding hydrogens is 771 g/mol. The normalized spacial score (nSPS) is 24.4. The van der Waals surface area contributed by atoms with Crippen LogP contribution in [0.3, 0.4) is 0 Å². The molecule has 1 heteroatoms. The van der Waals surface area contributed by atoms with Crippen molar-refractivity contribution in [2.24, 2.45) is 5.92 Å². The van der Waals surface area contributed by atoms with Crippen LogP contribution in [0.25, 0.3) is 22.3 Å². The first-order valence-electron chi connectivity index (χ1n) is 23.8. The van der Waals surface area contributed by atoms with E-state index in [1.165, 1.54) is 101 Å². The van der Waals surface area contributed by atoms with E-state index in [0.29, 0.717) is 29.6 Å². The van der Waals surface area contributed by atoms with Gasteiger partial charge in [-0.2, -0.15) is 0 Å². The maximum Gasteiger partial charge on any atom is 0.0544 e. The second kappa shape index (κ2) is 12.8. The first-order chi connectivity index (χ1) is 30.8. The third-order valence-corrected chi connectivity index (χ3v) is 17.4. The molecule has 0 spiro atoms. The summed E-state index contributed by atoms with van der Waals surface area (Å²) < 4.78 is 0. The number of para-hydroxylation sites is 1. The van der Waals surface area contributed by atoms with E-state index >= 15 is 0 Å². The molecule has 5 atom stereocenters. The molecule has 7 aromatic rings. The van der Waals surface area contributed by atoms with Crippen molar-refractivity contribution in [3.05, 3.63) is 231 Å². The first-order valence-corrected chi connectivity index (χ1v) is 23.8. The molecular formula is C63H57N. The highest BCUT2D eigenvalue weighted by molar-refractivity contribution is 6.00. The van der Waals surface area contributed by atoms with Gasteiger partial charge in [0.1, 0.15) is 0 Å². The van der Waals surface area contributed by atoms with Gasteiger partial charge in [0.2, 0.25) is 0 Å². The van der Waals surface area contributed by atoms with Crippen LogP contribution >= 0.6 is 0 Å². The zero-order chi connectivity index (χ0) is 43.7. The molecule has 1 saturated carbocycles. The summed E-state index contributed by atoms with van der Waals surface area (Å²) in [7, 11) is 0. The monoisotopic (exact) mass is 827 g/mol. The molecule has 0 N–H and O–H groups in total. The van der Waals surface area contributed by atoms with Gasteiger partial charge in [-0.15, -0.1) is 0 Å². The molecule has 6 aliphatic rings. The number of allylic oxidation sites excluding steroid dienone is 4. The summed E-state index contributed by atoms with van der Waals surface area (Å²) in [6.07, 6.45) is 9.36. The highest BCUT2D eigenvalue weighted by atomic mass is 15.2. The largest absolute Gasteiger partial charge is 0.309 e. The Kier molecular flexibility index (Phi) is 7.63. The van der Waals surface area contributed by atoms with Gasteiger partial charge >= 0.3 is 0 Å². The van der Waals surface area contributed by atoms with Gasteiger partial charge in [0, 0.05) is 22.2 Å².